The zero-order chi connectivity index (χ0) is 9.14. The van der Waals surface area contributed by atoms with Gasteiger partial charge in [0.25, 0.3) is 0 Å². The van der Waals surface area contributed by atoms with Crippen molar-refractivity contribution in [2.75, 3.05) is 0 Å². The van der Waals surface area contributed by atoms with E-state index < -0.39 is 0 Å². The van der Waals surface area contributed by atoms with Gasteiger partial charge in [-0.05, 0) is 23.6 Å². The maximum absolute atomic E-state index is 10.4. The summed E-state index contributed by atoms with van der Waals surface area (Å²) in [6.07, 6.45) is 0.655. The van der Waals surface area contributed by atoms with Gasteiger partial charge in [0.05, 0.1) is 5.56 Å². The van der Waals surface area contributed by atoms with Crippen molar-refractivity contribution in [3.63, 3.8) is 0 Å². The van der Waals surface area contributed by atoms with Crippen LogP contribution in [0.3, 0.4) is 0 Å². The number of phenolic OH excluding ortho intramolecular Hbond substituents is 1. The highest BCUT2D eigenvalue weighted by atomic mass is 16.3. The van der Waals surface area contributed by atoms with Crippen molar-refractivity contribution < 1.29 is 9.90 Å². The first-order valence-electron chi connectivity index (χ1n) is 3.74. The standard InChI is InChI=1S/C10H11O2/c1-7(2)8-3-4-10(12)9(5-8)6-11/h3-6,12H,1-2H3. The summed E-state index contributed by atoms with van der Waals surface area (Å²) in [4.78, 5) is 10.4. The fraction of sp³-hybridized carbons (Fsp3) is 0.200. The van der Waals surface area contributed by atoms with Crippen LogP contribution >= 0.6 is 0 Å². The Labute approximate surface area is 71.8 Å². The Bertz CT molecular complexity index is 290. The summed E-state index contributed by atoms with van der Waals surface area (Å²) in [5.41, 5.74) is 1.32. The second kappa shape index (κ2) is 3.39. The molecule has 0 saturated carbocycles. The highest BCUT2D eigenvalue weighted by Crippen LogP contribution is 2.20. The smallest absolute Gasteiger partial charge is 0.153 e. The van der Waals surface area contributed by atoms with Gasteiger partial charge in [0.15, 0.2) is 6.29 Å². The third kappa shape index (κ3) is 1.64. The SMILES string of the molecule is C[C](C)c1ccc(O)c(C=O)c1. The van der Waals surface area contributed by atoms with Crippen molar-refractivity contribution in [1.29, 1.82) is 0 Å². The molecule has 0 aromatic heterocycles. The van der Waals surface area contributed by atoms with E-state index in [9.17, 15) is 9.90 Å². The van der Waals surface area contributed by atoms with Crippen LogP contribution in [0.1, 0.15) is 29.8 Å². The number of aldehydes is 1. The molecule has 1 radical (unpaired) electrons. The number of hydrogen-bond acceptors (Lipinski definition) is 2. The van der Waals surface area contributed by atoms with Gasteiger partial charge in [-0.2, -0.15) is 0 Å². The third-order valence-electron chi connectivity index (χ3n) is 1.73. The van der Waals surface area contributed by atoms with E-state index >= 15 is 0 Å². The minimum absolute atomic E-state index is 0.0370. The van der Waals surface area contributed by atoms with E-state index in [4.69, 9.17) is 0 Å². The van der Waals surface area contributed by atoms with Crippen LogP contribution in [-0.2, 0) is 0 Å². The summed E-state index contributed by atoms with van der Waals surface area (Å²) in [5.74, 6) is 1.16. The zero-order valence-corrected chi connectivity index (χ0v) is 7.16. The topological polar surface area (TPSA) is 37.3 Å². The summed E-state index contributed by atoms with van der Waals surface area (Å²) in [6.45, 7) is 3.92. The van der Waals surface area contributed by atoms with Crippen LogP contribution in [0.4, 0.5) is 0 Å². The number of aromatic hydroxyl groups is 1. The summed E-state index contributed by atoms with van der Waals surface area (Å²) in [7, 11) is 0. The molecular formula is C10H11O2. The number of carbonyl (C=O) groups excluding carboxylic acids is 1. The average molecular weight is 163 g/mol. The molecule has 0 amide bonds. The molecule has 0 spiro atoms. The molecule has 1 rings (SSSR count). The van der Waals surface area contributed by atoms with Crippen molar-refractivity contribution in [1.82, 2.24) is 0 Å². The lowest BCUT2D eigenvalue weighted by Gasteiger charge is -2.05. The Morgan fingerprint density at radius 1 is 1.42 bits per heavy atom. The van der Waals surface area contributed by atoms with E-state index in [0.29, 0.717) is 11.8 Å². The summed E-state index contributed by atoms with van der Waals surface area (Å²) < 4.78 is 0. The van der Waals surface area contributed by atoms with Gasteiger partial charge in [0, 0.05) is 0 Å². The Hall–Kier alpha value is -1.31. The van der Waals surface area contributed by atoms with Gasteiger partial charge in [-0.1, -0.05) is 19.9 Å². The van der Waals surface area contributed by atoms with Crippen LogP contribution < -0.4 is 0 Å². The maximum atomic E-state index is 10.4. The van der Waals surface area contributed by atoms with E-state index in [1.54, 1.807) is 12.1 Å². The minimum Gasteiger partial charge on any atom is -0.507 e. The maximum Gasteiger partial charge on any atom is 0.153 e. The van der Waals surface area contributed by atoms with E-state index in [2.05, 4.69) is 0 Å². The monoisotopic (exact) mass is 163 g/mol. The molecule has 0 heterocycles. The molecule has 63 valence electrons. The van der Waals surface area contributed by atoms with E-state index in [-0.39, 0.29) is 5.75 Å². The second-order valence-corrected chi connectivity index (χ2v) is 2.89. The van der Waals surface area contributed by atoms with Gasteiger partial charge in [0.1, 0.15) is 5.75 Å². The van der Waals surface area contributed by atoms with Crippen LogP contribution in [0.15, 0.2) is 18.2 Å². The van der Waals surface area contributed by atoms with Crippen molar-refractivity contribution in [3.8, 4) is 5.75 Å². The van der Waals surface area contributed by atoms with E-state index in [1.807, 2.05) is 13.8 Å². The molecule has 1 N–H and O–H groups in total. The normalized spacial score (nSPS) is 10.2. The molecule has 0 fully saturated rings. The van der Waals surface area contributed by atoms with Gasteiger partial charge in [-0.25, -0.2) is 0 Å². The fourth-order valence-electron chi connectivity index (χ4n) is 0.960. The number of benzene rings is 1. The summed E-state index contributed by atoms with van der Waals surface area (Å²) in [6, 6.07) is 5.00. The molecule has 2 heteroatoms. The highest BCUT2D eigenvalue weighted by molar-refractivity contribution is 5.79. The Morgan fingerprint density at radius 3 is 2.58 bits per heavy atom. The lowest BCUT2D eigenvalue weighted by Crippen LogP contribution is -1.90. The quantitative estimate of drug-likeness (QED) is 0.678. The molecule has 2 nitrogen and oxygen atoms in total. The average Bonchev–Trinajstić information content (AvgIpc) is 2.05. The molecule has 0 aliphatic rings. The highest BCUT2D eigenvalue weighted by Gasteiger charge is 2.04. The zero-order valence-electron chi connectivity index (χ0n) is 7.16. The number of phenols is 1. The van der Waals surface area contributed by atoms with Crippen LogP contribution in [-0.4, -0.2) is 11.4 Å². The number of hydrogen-bond donors (Lipinski definition) is 1. The van der Waals surface area contributed by atoms with Crippen molar-refractivity contribution in [2.24, 2.45) is 0 Å². The summed E-state index contributed by atoms with van der Waals surface area (Å²) >= 11 is 0. The number of rotatable bonds is 2. The van der Waals surface area contributed by atoms with Crippen molar-refractivity contribution >= 4 is 6.29 Å². The molecule has 0 atom stereocenters. The van der Waals surface area contributed by atoms with Crippen LogP contribution in [0, 0.1) is 5.92 Å². The van der Waals surface area contributed by atoms with E-state index in [1.165, 1.54) is 6.07 Å². The lowest BCUT2D eigenvalue weighted by molar-refractivity contribution is 0.112. The molecule has 1 aromatic rings. The largest absolute Gasteiger partial charge is 0.507 e. The third-order valence-corrected chi connectivity index (χ3v) is 1.73. The first-order chi connectivity index (χ1) is 5.65. The van der Waals surface area contributed by atoms with Crippen LogP contribution in [0.5, 0.6) is 5.75 Å². The second-order valence-electron chi connectivity index (χ2n) is 2.89. The van der Waals surface area contributed by atoms with Gasteiger partial charge >= 0.3 is 0 Å². The summed E-state index contributed by atoms with van der Waals surface area (Å²) in [5, 5.41) is 9.18. The molecule has 12 heavy (non-hydrogen) atoms. The molecular weight excluding hydrogens is 152 g/mol. The van der Waals surface area contributed by atoms with Crippen LogP contribution in [0.25, 0.3) is 0 Å². The first kappa shape index (κ1) is 8.78. The Kier molecular flexibility index (Phi) is 2.48. The molecule has 0 aliphatic heterocycles. The predicted molar refractivity (Wildman–Crippen MR) is 47.2 cm³/mol. The minimum atomic E-state index is 0.0370. The Balaban J connectivity index is 3.13. The fourth-order valence-corrected chi connectivity index (χ4v) is 0.960. The lowest BCUT2D eigenvalue weighted by atomic mass is 10.0. The molecule has 1 aromatic carbocycles. The van der Waals surface area contributed by atoms with Gasteiger partial charge in [-0.3, -0.25) is 4.79 Å². The predicted octanol–water partition coefficient (Wildman–Crippen LogP) is 2.17. The van der Waals surface area contributed by atoms with Gasteiger partial charge < -0.3 is 5.11 Å². The number of carbonyl (C=O) groups is 1. The molecule has 0 saturated heterocycles. The van der Waals surface area contributed by atoms with Gasteiger partial charge in [-0.15, -0.1) is 0 Å². The van der Waals surface area contributed by atoms with Gasteiger partial charge in [0.2, 0.25) is 0 Å². The van der Waals surface area contributed by atoms with Crippen molar-refractivity contribution in [2.45, 2.75) is 13.8 Å². The van der Waals surface area contributed by atoms with Crippen molar-refractivity contribution in [3.05, 3.63) is 35.2 Å². The van der Waals surface area contributed by atoms with E-state index in [0.717, 1.165) is 11.5 Å². The molecule has 0 aliphatic carbocycles. The van der Waals surface area contributed by atoms with Crippen LogP contribution in [0.2, 0.25) is 0 Å². The molecule has 0 bridgehead atoms. The Morgan fingerprint density at radius 2 is 2.08 bits per heavy atom. The molecule has 0 unspecified atom stereocenters. The first-order valence-corrected chi connectivity index (χ1v) is 3.74.